The summed E-state index contributed by atoms with van der Waals surface area (Å²) in [6, 6.07) is 15.0. The average molecular weight is 524 g/mol. The van der Waals surface area contributed by atoms with Crippen LogP contribution in [0.2, 0.25) is 0 Å². The Hall–Kier alpha value is -0.270. The predicted molar refractivity (Wildman–Crippen MR) is 117 cm³/mol. The average Bonchev–Trinajstić information content (AvgIpc) is 2.56. The van der Waals surface area contributed by atoms with Gasteiger partial charge in [-0.25, -0.2) is 0 Å². The molecule has 24 heavy (non-hydrogen) atoms. The molecule has 1 fully saturated rings. The van der Waals surface area contributed by atoms with Crippen LogP contribution in [0.15, 0.2) is 54.9 Å². The number of hydrogen-bond donors (Lipinski definition) is 0. The zero-order chi connectivity index (χ0) is 14.3. The Kier molecular flexibility index (Phi) is 12.9. The van der Waals surface area contributed by atoms with Crippen LogP contribution < -0.4 is 0 Å². The highest BCUT2D eigenvalue weighted by molar-refractivity contribution is 8.93. The lowest BCUT2D eigenvalue weighted by molar-refractivity contribution is 0.128. The Morgan fingerprint density at radius 1 is 0.750 bits per heavy atom. The third kappa shape index (κ3) is 7.74. The van der Waals surface area contributed by atoms with E-state index in [0.29, 0.717) is 0 Å². The van der Waals surface area contributed by atoms with Gasteiger partial charge in [-0.1, -0.05) is 36.4 Å². The van der Waals surface area contributed by atoms with Gasteiger partial charge in [-0.05, 0) is 23.6 Å². The van der Waals surface area contributed by atoms with Crippen LogP contribution in [0.3, 0.4) is 0 Å². The molecule has 1 aromatic heterocycles. The van der Waals surface area contributed by atoms with Gasteiger partial charge in [-0.2, -0.15) is 0 Å². The van der Waals surface area contributed by atoms with E-state index in [1.165, 1.54) is 30.8 Å². The van der Waals surface area contributed by atoms with Crippen molar-refractivity contribution in [3.05, 3.63) is 66.0 Å². The summed E-state index contributed by atoms with van der Waals surface area (Å²) in [5, 5.41) is 0. The van der Waals surface area contributed by atoms with E-state index in [-0.39, 0.29) is 50.9 Å². The minimum atomic E-state index is 0. The molecule has 2 aromatic rings. The molecule has 6 heteroatoms. The number of aromatic nitrogens is 1. The first-order valence-corrected chi connectivity index (χ1v) is 7.78. The first-order valence-electron chi connectivity index (χ1n) is 7.78. The molecule has 3 nitrogen and oxygen atoms in total. The van der Waals surface area contributed by atoms with Crippen LogP contribution in [0.5, 0.6) is 0 Å². The second kappa shape index (κ2) is 13.0. The molecule has 1 aliphatic heterocycles. The molecule has 134 valence electrons. The van der Waals surface area contributed by atoms with Gasteiger partial charge >= 0.3 is 0 Å². The third-order valence-electron chi connectivity index (χ3n) is 4.15. The SMILES string of the molecule is Br.Br.Br.c1ccc(CCN2CCN(Cc3cccnc3)CC2)cc1. The van der Waals surface area contributed by atoms with Crippen molar-refractivity contribution in [2.24, 2.45) is 0 Å². The van der Waals surface area contributed by atoms with Gasteiger partial charge < -0.3 is 4.90 Å². The molecule has 1 aliphatic rings. The Morgan fingerprint density at radius 3 is 2.00 bits per heavy atom. The summed E-state index contributed by atoms with van der Waals surface area (Å²) in [5.41, 5.74) is 2.76. The zero-order valence-electron chi connectivity index (χ0n) is 13.7. The molecular weight excluding hydrogens is 498 g/mol. The monoisotopic (exact) mass is 521 g/mol. The van der Waals surface area contributed by atoms with Crippen LogP contribution in [0.4, 0.5) is 0 Å². The molecule has 0 radical (unpaired) electrons. The van der Waals surface area contributed by atoms with Crippen molar-refractivity contribution in [3.8, 4) is 0 Å². The fourth-order valence-corrected chi connectivity index (χ4v) is 2.85. The van der Waals surface area contributed by atoms with Crippen LogP contribution in [-0.2, 0) is 13.0 Å². The van der Waals surface area contributed by atoms with Crippen LogP contribution in [-0.4, -0.2) is 47.5 Å². The second-order valence-corrected chi connectivity index (χ2v) is 5.71. The minimum absolute atomic E-state index is 0. The highest BCUT2D eigenvalue weighted by atomic mass is 79.9. The van der Waals surface area contributed by atoms with Crippen LogP contribution >= 0.6 is 50.9 Å². The van der Waals surface area contributed by atoms with Crippen LogP contribution in [0.25, 0.3) is 0 Å². The van der Waals surface area contributed by atoms with E-state index in [9.17, 15) is 0 Å². The van der Waals surface area contributed by atoms with Gasteiger partial charge in [0.25, 0.3) is 0 Å². The normalized spacial score (nSPS) is 14.8. The van der Waals surface area contributed by atoms with Crippen LogP contribution in [0.1, 0.15) is 11.1 Å². The lowest BCUT2D eigenvalue weighted by Crippen LogP contribution is -2.46. The summed E-state index contributed by atoms with van der Waals surface area (Å²) in [4.78, 5) is 9.29. The van der Waals surface area contributed by atoms with Crippen molar-refractivity contribution in [1.29, 1.82) is 0 Å². The van der Waals surface area contributed by atoms with Crippen LogP contribution in [0, 0.1) is 0 Å². The van der Waals surface area contributed by atoms with Crippen molar-refractivity contribution in [2.45, 2.75) is 13.0 Å². The molecule has 0 saturated carbocycles. The Bertz CT molecular complexity index is 532. The van der Waals surface area contributed by atoms with E-state index in [1.807, 2.05) is 18.5 Å². The molecule has 0 bridgehead atoms. The standard InChI is InChI=1S/C18H23N3.3BrH/c1-2-5-17(6-3-1)8-10-20-11-13-21(14-12-20)16-18-7-4-9-19-15-18;;;/h1-7,9,15H,8,10-14,16H2;3*1H. The van der Waals surface area contributed by atoms with E-state index >= 15 is 0 Å². The van der Waals surface area contributed by atoms with Crippen molar-refractivity contribution in [3.63, 3.8) is 0 Å². The van der Waals surface area contributed by atoms with E-state index in [1.54, 1.807) is 0 Å². The number of benzene rings is 1. The maximum atomic E-state index is 4.19. The molecule has 1 saturated heterocycles. The van der Waals surface area contributed by atoms with Gasteiger partial charge in [0.05, 0.1) is 0 Å². The summed E-state index contributed by atoms with van der Waals surface area (Å²) in [6.07, 6.45) is 4.97. The topological polar surface area (TPSA) is 19.4 Å². The number of hydrogen-bond acceptors (Lipinski definition) is 3. The van der Waals surface area contributed by atoms with E-state index in [4.69, 9.17) is 0 Å². The van der Waals surface area contributed by atoms with Gasteiger partial charge in [-0.15, -0.1) is 50.9 Å². The predicted octanol–water partition coefficient (Wildman–Crippen LogP) is 4.18. The fourth-order valence-electron chi connectivity index (χ4n) is 2.85. The molecule has 0 aliphatic carbocycles. The maximum absolute atomic E-state index is 4.19. The summed E-state index contributed by atoms with van der Waals surface area (Å²) >= 11 is 0. The minimum Gasteiger partial charge on any atom is -0.300 e. The van der Waals surface area contributed by atoms with Crippen molar-refractivity contribution in [2.75, 3.05) is 32.7 Å². The first kappa shape index (κ1) is 23.7. The molecule has 0 spiro atoms. The molecule has 3 rings (SSSR count). The summed E-state index contributed by atoms with van der Waals surface area (Å²) in [6.45, 7) is 6.86. The smallest absolute Gasteiger partial charge is 0.0312 e. The summed E-state index contributed by atoms with van der Waals surface area (Å²) < 4.78 is 0. The molecule has 0 atom stereocenters. The van der Waals surface area contributed by atoms with Gasteiger partial charge in [0.1, 0.15) is 0 Å². The van der Waals surface area contributed by atoms with E-state index in [2.05, 4.69) is 51.2 Å². The van der Waals surface area contributed by atoms with E-state index < -0.39 is 0 Å². The molecule has 0 N–H and O–H groups in total. The quantitative estimate of drug-likeness (QED) is 0.586. The number of halogens is 3. The first-order chi connectivity index (χ1) is 10.4. The number of pyridine rings is 1. The molecular formula is C18H26Br3N3. The molecule has 2 heterocycles. The lowest BCUT2D eigenvalue weighted by atomic mass is 10.1. The summed E-state index contributed by atoms with van der Waals surface area (Å²) in [5.74, 6) is 0. The van der Waals surface area contributed by atoms with Gasteiger partial charge in [0, 0.05) is 51.7 Å². The fraction of sp³-hybridized carbons (Fsp3) is 0.389. The second-order valence-electron chi connectivity index (χ2n) is 5.71. The largest absolute Gasteiger partial charge is 0.300 e. The lowest BCUT2D eigenvalue weighted by Gasteiger charge is -2.34. The molecule has 0 amide bonds. The van der Waals surface area contributed by atoms with E-state index in [0.717, 1.165) is 26.1 Å². The number of nitrogens with zero attached hydrogens (tertiary/aromatic N) is 3. The number of rotatable bonds is 5. The van der Waals surface area contributed by atoms with Crippen molar-refractivity contribution >= 4 is 50.9 Å². The summed E-state index contributed by atoms with van der Waals surface area (Å²) in [7, 11) is 0. The van der Waals surface area contributed by atoms with Gasteiger partial charge in [-0.3, -0.25) is 9.88 Å². The van der Waals surface area contributed by atoms with Crippen molar-refractivity contribution < 1.29 is 0 Å². The molecule has 1 aromatic carbocycles. The van der Waals surface area contributed by atoms with Gasteiger partial charge in [0.2, 0.25) is 0 Å². The highest BCUT2D eigenvalue weighted by Gasteiger charge is 2.16. The Morgan fingerprint density at radius 2 is 1.38 bits per heavy atom. The Balaban J connectivity index is 0.00000176. The van der Waals surface area contributed by atoms with Gasteiger partial charge in [0.15, 0.2) is 0 Å². The number of piperazine rings is 1. The highest BCUT2D eigenvalue weighted by Crippen LogP contribution is 2.08. The zero-order valence-corrected chi connectivity index (χ0v) is 18.9. The Labute approximate surface area is 176 Å². The van der Waals surface area contributed by atoms with Crippen molar-refractivity contribution in [1.82, 2.24) is 14.8 Å². The third-order valence-corrected chi connectivity index (χ3v) is 4.15. The molecule has 0 unspecified atom stereocenters. The maximum Gasteiger partial charge on any atom is 0.0312 e.